The van der Waals surface area contributed by atoms with E-state index < -0.39 is 11.5 Å². The topological polar surface area (TPSA) is 60.9 Å². The molecule has 2 aliphatic rings. The van der Waals surface area contributed by atoms with Gasteiger partial charge in [-0.25, -0.2) is 0 Å². The van der Waals surface area contributed by atoms with Crippen LogP contribution >= 0.6 is 0 Å². The van der Waals surface area contributed by atoms with Crippen molar-refractivity contribution in [1.82, 2.24) is 9.80 Å². The number of likely N-dealkylation sites (N-methyl/N-ethyl adjacent to an activating group) is 1. The first-order valence-electron chi connectivity index (χ1n) is 6.69. The number of carboxylic acid groups (broad SMARTS) is 1. The van der Waals surface area contributed by atoms with Crippen LogP contribution in [0.2, 0.25) is 0 Å². The van der Waals surface area contributed by atoms with Crippen molar-refractivity contribution in [2.75, 3.05) is 20.1 Å². The standard InChI is InChI=1S/C13H22N2O3/c1-13(12(17)18)7-3-4-8-15(13)9-11(16)14(2)10-5-6-10/h10H,3-9H2,1-2H3,(H,17,18). The number of rotatable bonds is 4. The lowest BCUT2D eigenvalue weighted by molar-refractivity contribution is -0.154. The van der Waals surface area contributed by atoms with Crippen LogP contribution in [-0.4, -0.2) is 58.5 Å². The van der Waals surface area contributed by atoms with E-state index in [4.69, 9.17) is 0 Å². The van der Waals surface area contributed by atoms with E-state index in [2.05, 4.69) is 0 Å². The number of hydrogen-bond acceptors (Lipinski definition) is 3. The predicted molar refractivity (Wildman–Crippen MR) is 67.3 cm³/mol. The summed E-state index contributed by atoms with van der Waals surface area (Å²) < 4.78 is 0. The summed E-state index contributed by atoms with van der Waals surface area (Å²) in [4.78, 5) is 27.1. The lowest BCUT2D eigenvalue weighted by Gasteiger charge is -2.41. The zero-order valence-corrected chi connectivity index (χ0v) is 11.2. The number of likely N-dealkylation sites (tertiary alicyclic amines) is 1. The van der Waals surface area contributed by atoms with Crippen molar-refractivity contribution in [3.63, 3.8) is 0 Å². The van der Waals surface area contributed by atoms with Crippen molar-refractivity contribution in [2.24, 2.45) is 0 Å². The molecular weight excluding hydrogens is 232 g/mol. The van der Waals surface area contributed by atoms with Gasteiger partial charge >= 0.3 is 5.97 Å². The number of aliphatic carboxylic acids is 1. The molecule has 0 aromatic carbocycles. The van der Waals surface area contributed by atoms with Gasteiger partial charge in [-0.1, -0.05) is 0 Å². The number of nitrogens with zero attached hydrogens (tertiary/aromatic N) is 2. The molecule has 1 unspecified atom stereocenters. The third-order valence-electron chi connectivity index (χ3n) is 4.31. The third kappa shape index (κ3) is 2.51. The predicted octanol–water partition coefficient (Wildman–Crippen LogP) is 0.936. The Labute approximate surface area is 108 Å². The van der Waals surface area contributed by atoms with Crippen molar-refractivity contribution >= 4 is 11.9 Å². The zero-order chi connectivity index (χ0) is 13.3. The van der Waals surface area contributed by atoms with Gasteiger partial charge in [-0.3, -0.25) is 14.5 Å². The first kappa shape index (κ1) is 13.3. The highest BCUT2D eigenvalue weighted by molar-refractivity contribution is 5.82. The summed E-state index contributed by atoms with van der Waals surface area (Å²) in [6.07, 6.45) is 4.69. The Kier molecular flexibility index (Phi) is 3.61. The first-order chi connectivity index (χ1) is 8.45. The summed E-state index contributed by atoms with van der Waals surface area (Å²) in [5.41, 5.74) is -0.877. The fourth-order valence-electron chi connectivity index (χ4n) is 2.61. The number of piperidine rings is 1. The minimum absolute atomic E-state index is 0.0480. The van der Waals surface area contributed by atoms with Gasteiger partial charge in [0.05, 0.1) is 6.54 Å². The molecule has 5 heteroatoms. The Hall–Kier alpha value is -1.10. The summed E-state index contributed by atoms with van der Waals surface area (Å²) >= 11 is 0. The van der Waals surface area contributed by atoms with Gasteiger partial charge in [0.25, 0.3) is 0 Å². The lowest BCUT2D eigenvalue weighted by atomic mass is 9.88. The SMILES string of the molecule is CN(C(=O)CN1CCCCC1(C)C(=O)O)C1CC1. The van der Waals surface area contributed by atoms with Crippen molar-refractivity contribution < 1.29 is 14.7 Å². The molecule has 0 aromatic rings. The number of amides is 1. The second-order valence-electron chi connectivity index (χ2n) is 5.69. The molecule has 2 rings (SSSR count). The van der Waals surface area contributed by atoms with Crippen LogP contribution in [0, 0.1) is 0 Å². The average Bonchev–Trinajstić information content (AvgIpc) is 3.15. The maximum Gasteiger partial charge on any atom is 0.323 e. The highest BCUT2D eigenvalue weighted by Gasteiger charge is 2.42. The molecule has 0 radical (unpaired) electrons. The largest absolute Gasteiger partial charge is 0.480 e. The Bertz CT molecular complexity index is 354. The van der Waals surface area contributed by atoms with E-state index in [1.54, 1.807) is 11.8 Å². The molecule has 1 saturated carbocycles. The van der Waals surface area contributed by atoms with Crippen LogP contribution in [0.15, 0.2) is 0 Å². The fourth-order valence-corrected chi connectivity index (χ4v) is 2.61. The number of carbonyl (C=O) groups is 2. The van der Waals surface area contributed by atoms with Gasteiger partial charge in [0.1, 0.15) is 5.54 Å². The fraction of sp³-hybridized carbons (Fsp3) is 0.846. The van der Waals surface area contributed by atoms with Gasteiger partial charge in [-0.05, 0) is 45.6 Å². The number of hydrogen-bond donors (Lipinski definition) is 1. The second-order valence-corrected chi connectivity index (χ2v) is 5.69. The van der Waals surface area contributed by atoms with Gasteiger partial charge in [0.2, 0.25) is 5.91 Å². The van der Waals surface area contributed by atoms with Crippen LogP contribution in [0.1, 0.15) is 39.0 Å². The third-order valence-corrected chi connectivity index (χ3v) is 4.31. The molecule has 1 amide bonds. The Morgan fingerprint density at radius 1 is 1.39 bits per heavy atom. The molecule has 2 fully saturated rings. The molecule has 1 N–H and O–H groups in total. The lowest BCUT2D eigenvalue weighted by Crippen LogP contribution is -2.57. The van der Waals surface area contributed by atoms with E-state index in [0.29, 0.717) is 19.0 Å². The monoisotopic (exact) mass is 254 g/mol. The van der Waals surface area contributed by atoms with Crippen molar-refractivity contribution in [3.05, 3.63) is 0 Å². The van der Waals surface area contributed by atoms with Crippen molar-refractivity contribution in [3.8, 4) is 0 Å². The van der Waals surface area contributed by atoms with Gasteiger partial charge in [0.15, 0.2) is 0 Å². The Balaban J connectivity index is 2.01. The van der Waals surface area contributed by atoms with Gasteiger partial charge in [-0.15, -0.1) is 0 Å². The van der Waals surface area contributed by atoms with Crippen LogP contribution in [-0.2, 0) is 9.59 Å². The molecule has 102 valence electrons. The second kappa shape index (κ2) is 4.88. The Morgan fingerprint density at radius 3 is 2.61 bits per heavy atom. The van der Waals surface area contributed by atoms with Crippen molar-refractivity contribution in [2.45, 2.75) is 50.6 Å². The summed E-state index contributed by atoms with van der Waals surface area (Å²) in [6.45, 7) is 2.67. The van der Waals surface area contributed by atoms with Crippen LogP contribution in [0.5, 0.6) is 0 Å². The molecular formula is C13H22N2O3. The van der Waals surface area contributed by atoms with Crippen LogP contribution < -0.4 is 0 Å². The minimum Gasteiger partial charge on any atom is -0.480 e. The average molecular weight is 254 g/mol. The summed E-state index contributed by atoms with van der Waals surface area (Å²) in [5.74, 6) is -0.768. The van der Waals surface area contributed by atoms with Crippen LogP contribution in [0.3, 0.4) is 0 Å². The highest BCUT2D eigenvalue weighted by atomic mass is 16.4. The summed E-state index contributed by atoms with van der Waals surface area (Å²) in [7, 11) is 1.82. The maximum absolute atomic E-state index is 12.1. The van der Waals surface area contributed by atoms with E-state index >= 15 is 0 Å². The molecule has 1 atom stereocenters. The quantitative estimate of drug-likeness (QED) is 0.811. The van der Waals surface area contributed by atoms with Gasteiger partial charge < -0.3 is 10.0 Å². The molecule has 0 spiro atoms. The Morgan fingerprint density at radius 2 is 2.06 bits per heavy atom. The smallest absolute Gasteiger partial charge is 0.323 e. The summed E-state index contributed by atoms with van der Waals surface area (Å²) in [5, 5.41) is 9.37. The number of carbonyl (C=O) groups excluding carboxylic acids is 1. The van der Waals surface area contributed by atoms with Crippen LogP contribution in [0.25, 0.3) is 0 Å². The molecule has 1 aliphatic carbocycles. The minimum atomic E-state index is -0.877. The molecule has 1 saturated heterocycles. The van der Waals surface area contributed by atoms with Gasteiger partial charge in [0, 0.05) is 13.1 Å². The van der Waals surface area contributed by atoms with Crippen molar-refractivity contribution in [1.29, 1.82) is 0 Å². The molecule has 0 bridgehead atoms. The molecule has 1 aliphatic heterocycles. The van der Waals surface area contributed by atoms with E-state index in [0.717, 1.165) is 25.7 Å². The zero-order valence-electron chi connectivity index (χ0n) is 11.2. The van der Waals surface area contributed by atoms with Crippen LogP contribution in [0.4, 0.5) is 0 Å². The molecule has 5 nitrogen and oxygen atoms in total. The van der Waals surface area contributed by atoms with E-state index in [1.165, 1.54) is 0 Å². The normalized spacial score (nSPS) is 29.0. The van der Waals surface area contributed by atoms with Gasteiger partial charge in [-0.2, -0.15) is 0 Å². The first-order valence-corrected chi connectivity index (χ1v) is 6.69. The molecule has 1 heterocycles. The maximum atomic E-state index is 12.1. The summed E-state index contributed by atoms with van der Waals surface area (Å²) in [6, 6.07) is 0.387. The molecule has 0 aromatic heterocycles. The highest BCUT2D eigenvalue weighted by Crippen LogP contribution is 2.29. The number of carboxylic acids is 1. The van der Waals surface area contributed by atoms with E-state index in [1.807, 2.05) is 11.9 Å². The van der Waals surface area contributed by atoms with E-state index in [9.17, 15) is 14.7 Å². The molecule has 18 heavy (non-hydrogen) atoms. The van der Waals surface area contributed by atoms with E-state index in [-0.39, 0.29) is 12.5 Å².